The lowest BCUT2D eigenvalue weighted by atomic mass is 10.2. The van der Waals surface area contributed by atoms with Crippen molar-refractivity contribution in [3.05, 3.63) is 0 Å². The summed E-state index contributed by atoms with van der Waals surface area (Å²) in [6, 6.07) is 0. The minimum Gasteiger partial charge on any atom is -0.348 e. The summed E-state index contributed by atoms with van der Waals surface area (Å²) in [7, 11) is 0. The molecule has 1 saturated heterocycles. The average Bonchev–Trinajstić information content (AvgIpc) is 3.09. The molecule has 1 aliphatic heterocycles. The Labute approximate surface area is 231 Å². The van der Waals surface area contributed by atoms with Crippen LogP contribution in [0.2, 0.25) is 0 Å². The second-order valence-corrected chi connectivity index (χ2v) is 8.41. The Bertz CT molecular complexity index is 1030. The first-order valence-electron chi connectivity index (χ1n) is 10.2. The van der Waals surface area contributed by atoms with E-state index >= 15 is 0 Å². The van der Waals surface area contributed by atoms with Crippen LogP contribution in [0, 0.1) is 0 Å². The van der Waals surface area contributed by atoms with Crippen molar-refractivity contribution in [1.29, 1.82) is 0 Å². The molecule has 2 unspecified atom stereocenters. The molecule has 7 nitrogen and oxygen atoms in total. The highest BCUT2D eigenvalue weighted by Crippen LogP contribution is 2.53. The van der Waals surface area contributed by atoms with Gasteiger partial charge in [0.2, 0.25) is 0 Å². The number of halogens is 22. The highest BCUT2D eigenvalue weighted by Gasteiger charge is 2.79. The van der Waals surface area contributed by atoms with Crippen molar-refractivity contribution in [1.82, 2.24) is 0 Å². The summed E-state index contributed by atoms with van der Waals surface area (Å²) in [4.78, 5) is 0. The highest BCUT2D eigenvalue weighted by atomic mass is 19.4. The SMILES string of the molecule is CC1(C)OCC(C(F)(F)C(F)OC(F)(F)C(F)(F)OC(F)(F)C(F)(F)OC(F)(F)C(F)(F)OC(F)(F)C(F)(F)OC(F)(F)F)O1. The first-order valence-corrected chi connectivity index (χ1v) is 10.2. The molecule has 1 fully saturated rings. The fourth-order valence-electron chi connectivity index (χ4n) is 2.34. The molecule has 1 aliphatic rings. The molecule has 1 heterocycles. The maximum Gasteiger partial charge on any atom is 0.527 e. The first-order chi connectivity index (χ1) is 19.3. The molecule has 1 rings (SSSR count). The summed E-state index contributed by atoms with van der Waals surface area (Å²) in [5.41, 5.74) is 0. The molecule has 0 aromatic carbocycles. The Balaban J connectivity index is 3.18. The van der Waals surface area contributed by atoms with Crippen LogP contribution < -0.4 is 0 Å². The van der Waals surface area contributed by atoms with Crippen LogP contribution in [-0.4, -0.2) is 86.0 Å². The standard InChI is InChI=1S/C16H10F22O7/c1-6(2)39-3-4(40-6)7(18,19)5(17)41-8(20,21)9(22,23)42-10(24,25)11(26,27)43-12(28,29)13(30,31)44-14(32,33)15(34,35)45-16(36,37)38/h4-5H,3H2,1-2H3. The topological polar surface area (TPSA) is 64.6 Å². The van der Waals surface area contributed by atoms with Gasteiger partial charge in [0.05, 0.1) is 6.61 Å². The van der Waals surface area contributed by atoms with Gasteiger partial charge in [0, 0.05) is 0 Å². The van der Waals surface area contributed by atoms with Gasteiger partial charge in [0.15, 0.2) is 11.9 Å². The zero-order chi connectivity index (χ0) is 36.3. The second kappa shape index (κ2) is 11.7. The summed E-state index contributed by atoms with van der Waals surface area (Å²) in [6.07, 6.45) is -76.4. The summed E-state index contributed by atoms with van der Waals surface area (Å²) in [5, 5.41) is 0. The Kier molecular flexibility index (Phi) is 10.7. The maximum absolute atomic E-state index is 13.9. The predicted molar refractivity (Wildman–Crippen MR) is 85.8 cm³/mol. The number of hydrogen-bond acceptors (Lipinski definition) is 7. The van der Waals surface area contributed by atoms with Crippen molar-refractivity contribution < 1.29 is 130 Å². The van der Waals surface area contributed by atoms with E-state index in [1.807, 2.05) is 0 Å². The molecule has 0 radical (unpaired) electrons. The third-order valence-corrected chi connectivity index (χ3v) is 4.36. The van der Waals surface area contributed by atoms with E-state index in [4.69, 9.17) is 0 Å². The van der Waals surface area contributed by atoms with Gasteiger partial charge in [-0.2, -0.15) is 79.0 Å². The lowest BCUT2D eigenvalue weighted by molar-refractivity contribution is -0.588. The number of ether oxygens (including phenoxy) is 7. The smallest absolute Gasteiger partial charge is 0.348 e. The second-order valence-electron chi connectivity index (χ2n) is 8.41. The normalized spacial score (nSPS) is 20.9. The van der Waals surface area contributed by atoms with E-state index in [-0.39, 0.29) is 0 Å². The van der Waals surface area contributed by atoms with Crippen LogP contribution in [0.15, 0.2) is 0 Å². The molecule has 0 aliphatic carbocycles. The van der Waals surface area contributed by atoms with E-state index in [1.165, 1.54) is 18.9 Å². The van der Waals surface area contributed by atoms with Gasteiger partial charge in [0.1, 0.15) is 0 Å². The highest BCUT2D eigenvalue weighted by molar-refractivity contribution is 4.88. The molecule has 0 amide bonds. The summed E-state index contributed by atoms with van der Waals surface area (Å²) >= 11 is 0. The molecule has 0 N–H and O–H groups in total. The molecule has 270 valence electrons. The van der Waals surface area contributed by atoms with E-state index in [0.29, 0.717) is 0 Å². The number of hydrogen-bond donors (Lipinski definition) is 0. The van der Waals surface area contributed by atoms with Gasteiger partial charge in [-0.3, -0.25) is 4.74 Å². The maximum atomic E-state index is 13.9. The lowest BCUT2D eigenvalue weighted by Gasteiger charge is -2.36. The molecular formula is C16H10F22O7. The monoisotopic (exact) mass is 732 g/mol. The van der Waals surface area contributed by atoms with Crippen LogP contribution in [0.1, 0.15) is 13.8 Å². The van der Waals surface area contributed by atoms with Crippen LogP contribution in [0.5, 0.6) is 0 Å². The first kappa shape index (κ1) is 41.2. The van der Waals surface area contributed by atoms with Crippen LogP contribution in [0.25, 0.3) is 0 Å². The van der Waals surface area contributed by atoms with E-state index in [1.54, 1.807) is 0 Å². The van der Waals surface area contributed by atoms with Crippen molar-refractivity contribution in [2.75, 3.05) is 6.61 Å². The molecular weight excluding hydrogens is 722 g/mol. The Morgan fingerprint density at radius 3 is 1.07 bits per heavy atom. The van der Waals surface area contributed by atoms with Crippen LogP contribution >= 0.6 is 0 Å². The van der Waals surface area contributed by atoms with Gasteiger partial charge < -0.3 is 9.47 Å². The molecule has 2 atom stereocenters. The van der Waals surface area contributed by atoms with Crippen LogP contribution in [-0.2, 0) is 33.2 Å². The molecule has 29 heteroatoms. The molecule has 0 aromatic rings. The third kappa shape index (κ3) is 9.17. The number of rotatable bonds is 15. The minimum atomic E-state index is -7.95. The van der Waals surface area contributed by atoms with Crippen molar-refractivity contribution in [2.45, 2.75) is 93.2 Å². The van der Waals surface area contributed by atoms with Gasteiger partial charge >= 0.3 is 61.2 Å². The third-order valence-electron chi connectivity index (χ3n) is 4.36. The van der Waals surface area contributed by atoms with E-state index in [2.05, 4.69) is 14.2 Å². The molecule has 0 bridgehead atoms. The fraction of sp³-hybridized carbons (Fsp3) is 1.00. The Morgan fingerprint density at radius 1 is 0.511 bits per heavy atom. The molecule has 45 heavy (non-hydrogen) atoms. The zero-order valence-corrected chi connectivity index (χ0v) is 20.5. The lowest BCUT2D eigenvalue weighted by Crippen LogP contribution is -2.61. The van der Waals surface area contributed by atoms with Crippen molar-refractivity contribution >= 4 is 0 Å². The van der Waals surface area contributed by atoms with Crippen molar-refractivity contribution in [2.24, 2.45) is 0 Å². The van der Waals surface area contributed by atoms with E-state index in [9.17, 15) is 96.6 Å². The minimum absolute atomic E-state index is 0.868. The van der Waals surface area contributed by atoms with Crippen molar-refractivity contribution in [3.8, 4) is 0 Å². The van der Waals surface area contributed by atoms with Gasteiger partial charge in [0.25, 0.3) is 6.36 Å². The van der Waals surface area contributed by atoms with Crippen molar-refractivity contribution in [3.63, 3.8) is 0 Å². The summed E-state index contributed by atoms with van der Waals surface area (Å²) in [6.45, 7) is 0.366. The van der Waals surface area contributed by atoms with Crippen LogP contribution in [0.3, 0.4) is 0 Å². The van der Waals surface area contributed by atoms with E-state index < -0.39 is 86.0 Å². The quantitative estimate of drug-likeness (QED) is 0.163. The van der Waals surface area contributed by atoms with Gasteiger partial charge in [-0.25, -0.2) is 23.3 Å². The number of alkyl halides is 22. The zero-order valence-electron chi connectivity index (χ0n) is 20.5. The average molecular weight is 732 g/mol. The molecule has 0 saturated carbocycles. The van der Waals surface area contributed by atoms with Gasteiger partial charge in [-0.1, -0.05) is 0 Å². The molecule has 0 aromatic heterocycles. The predicted octanol–water partition coefficient (Wildman–Crippen LogP) is 7.41. The van der Waals surface area contributed by atoms with Gasteiger partial charge in [-0.05, 0) is 13.8 Å². The summed E-state index contributed by atoms with van der Waals surface area (Å²) in [5.74, 6) is -7.45. The largest absolute Gasteiger partial charge is 0.527 e. The fourth-order valence-corrected chi connectivity index (χ4v) is 2.34. The van der Waals surface area contributed by atoms with Crippen LogP contribution in [0.4, 0.5) is 96.6 Å². The Morgan fingerprint density at radius 2 is 0.800 bits per heavy atom. The molecule has 0 spiro atoms. The summed E-state index contributed by atoms with van der Waals surface area (Å²) < 4.78 is 306. The van der Waals surface area contributed by atoms with Gasteiger partial charge in [-0.15, -0.1) is 13.2 Å². The Hall–Kier alpha value is -1.82. The van der Waals surface area contributed by atoms with E-state index in [0.717, 1.165) is 13.8 Å².